The van der Waals surface area contributed by atoms with Crippen molar-refractivity contribution in [3.8, 4) is 0 Å². The molecular formula is C9H17BrO3. The first-order valence-electron chi connectivity index (χ1n) is 4.45. The summed E-state index contributed by atoms with van der Waals surface area (Å²) in [5.74, 6) is 0.192. The van der Waals surface area contributed by atoms with Gasteiger partial charge in [-0.2, -0.15) is 0 Å². The van der Waals surface area contributed by atoms with Crippen molar-refractivity contribution in [2.75, 3.05) is 32.3 Å². The lowest BCUT2D eigenvalue weighted by molar-refractivity contribution is -0.117. The van der Waals surface area contributed by atoms with Crippen LogP contribution >= 0.6 is 15.9 Å². The molecule has 13 heavy (non-hydrogen) atoms. The second kappa shape index (κ2) is 10.2. The SMILES string of the molecule is COCCCCOCCC(=O)CBr. The van der Waals surface area contributed by atoms with Gasteiger partial charge in [-0.25, -0.2) is 0 Å². The van der Waals surface area contributed by atoms with Gasteiger partial charge in [0.25, 0.3) is 0 Å². The fourth-order valence-corrected chi connectivity index (χ4v) is 1.09. The summed E-state index contributed by atoms with van der Waals surface area (Å²) in [6.45, 7) is 2.04. The summed E-state index contributed by atoms with van der Waals surface area (Å²) in [6, 6.07) is 0. The normalized spacial score (nSPS) is 10.3. The number of methoxy groups -OCH3 is 1. The highest BCUT2D eigenvalue weighted by Crippen LogP contribution is 1.93. The minimum atomic E-state index is 0.192. The highest BCUT2D eigenvalue weighted by molar-refractivity contribution is 9.09. The average Bonchev–Trinajstić information content (AvgIpc) is 2.16. The van der Waals surface area contributed by atoms with Gasteiger partial charge >= 0.3 is 0 Å². The van der Waals surface area contributed by atoms with Gasteiger partial charge in [-0.1, -0.05) is 15.9 Å². The standard InChI is InChI=1S/C9H17BrO3/c1-12-5-2-3-6-13-7-4-9(11)8-10/h2-8H2,1H3. The number of halogens is 1. The lowest BCUT2D eigenvalue weighted by atomic mass is 10.3. The number of rotatable bonds is 9. The zero-order valence-corrected chi connectivity index (χ0v) is 9.64. The molecule has 0 aliphatic heterocycles. The molecule has 3 nitrogen and oxygen atoms in total. The summed E-state index contributed by atoms with van der Waals surface area (Å²) < 4.78 is 10.1. The molecule has 0 unspecified atom stereocenters. The van der Waals surface area contributed by atoms with Crippen molar-refractivity contribution in [2.24, 2.45) is 0 Å². The van der Waals surface area contributed by atoms with Crippen LogP contribution in [-0.4, -0.2) is 38.0 Å². The van der Waals surface area contributed by atoms with Crippen molar-refractivity contribution in [3.63, 3.8) is 0 Å². The van der Waals surface area contributed by atoms with Gasteiger partial charge in [0.2, 0.25) is 0 Å². The maximum absolute atomic E-state index is 10.8. The molecule has 0 rings (SSSR count). The molecule has 0 saturated carbocycles. The number of alkyl halides is 1. The van der Waals surface area contributed by atoms with Crippen LogP contribution < -0.4 is 0 Å². The van der Waals surface area contributed by atoms with Crippen LogP contribution in [0.3, 0.4) is 0 Å². The molecule has 0 saturated heterocycles. The zero-order valence-electron chi connectivity index (χ0n) is 8.05. The van der Waals surface area contributed by atoms with E-state index < -0.39 is 0 Å². The number of Topliss-reactive ketones (excluding diaryl/α,β-unsaturated/α-hetero) is 1. The molecule has 0 radical (unpaired) electrons. The Bertz CT molecular complexity index is 128. The molecule has 0 N–H and O–H groups in total. The molecule has 0 atom stereocenters. The first kappa shape index (κ1) is 13.1. The quantitative estimate of drug-likeness (QED) is 0.464. The Labute approximate surface area is 87.9 Å². The molecule has 0 spiro atoms. The van der Waals surface area contributed by atoms with Crippen molar-refractivity contribution >= 4 is 21.7 Å². The minimum absolute atomic E-state index is 0.192. The van der Waals surface area contributed by atoms with E-state index in [2.05, 4.69) is 15.9 Å². The maximum atomic E-state index is 10.8. The molecule has 0 fully saturated rings. The van der Waals surface area contributed by atoms with E-state index in [0.29, 0.717) is 18.4 Å². The van der Waals surface area contributed by atoms with Crippen LogP contribution in [0.4, 0.5) is 0 Å². The highest BCUT2D eigenvalue weighted by Gasteiger charge is 1.97. The Balaban J connectivity index is 2.95. The van der Waals surface area contributed by atoms with Gasteiger partial charge in [-0.3, -0.25) is 4.79 Å². The number of ketones is 1. The first-order valence-corrected chi connectivity index (χ1v) is 5.57. The van der Waals surface area contributed by atoms with Crippen LogP contribution in [-0.2, 0) is 14.3 Å². The van der Waals surface area contributed by atoms with Crippen molar-refractivity contribution < 1.29 is 14.3 Å². The lowest BCUT2D eigenvalue weighted by Gasteiger charge is -2.02. The third-order valence-electron chi connectivity index (χ3n) is 1.56. The van der Waals surface area contributed by atoms with Gasteiger partial charge in [0.05, 0.1) is 11.9 Å². The fraction of sp³-hybridized carbons (Fsp3) is 0.889. The number of carbonyl (C=O) groups excluding carboxylic acids is 1. The predicted octanol–water partition coefficient (Wildman–Crippen LogP) is 1.78. The zero-order chi connectivity index (χ0) is 9.94. The summed E-state index contributed by atoms with van der Waals surface area (Å²) in [7, 11) is 1.69. The molecule has 78 valence electrons. The third-order valence-corrected chi connectivity index (χ3v) is 2.19. The van der Waals surface area contributed by atoms with E-state index in [4.69, 9.17) is 9.47 Å². The van der Waals surface area contributed by atoms with Gasteiger partial charge in [0, 0.05) is 26.7 Å². The van der Waals surface area contributed by atoms with E-state index in [1.54, 1.807) is 7.11 Å². The number of unbranched alkanes of at least 4 members (excludes halogenated alkanes) is 1. The molecule has 0 aliphatic rings. The smallest absolute Gasteiger partial charge is 0.145 e. The summed E-state index contributed by atoms with van der Waals surface area (Å²) in [4.78, 5) is 10.8. The van der Waals surface area contributed by atoms with Crippen LogP contribution in [0.25, 0.3) is 0 Å². The van der Waals surface area contributed by atoms with Gasteiger partial charge in [0.15, 0.2) is 0 Å². The summed E-state index contributed by atoms with van der Waals surface area (Å²) >= 11 is 3.10. The molecule has 0 bridgehead atoms. The Morgan fingerprint density at radius 3 is 2.54 bits per heavy atom. The Morgan fingerprint density at radius 1 is 1.23 bits per heavy atom. The van der Waals surface area contributed by atoms with Gasteiger partial charge < -0.3 is 9.47 Å². The van der Waals surface area contributed by atoms with Gasteiger partial charge in [-0.05, 0) is 12.8 Å². The Hall–Kier alpha value is 0.0700. The van der Waals surface area contributed by atoms with Gasteiger partial charge in [0.1, 0.15) is 5.78 Å². The van der Waals surface area contributed by atoms with E-state index in [-0.39, 0.29) is 5.78 Å². The molecule has 0 aliphatic carbocycles. The number of hydrogen-bond donors (Lipinski definition) is 0. The number of ether oxygens (including phenoxy) is 2. The van der Waals surface area contributed by atoms with Crippen LogP contribution in [0.15, 0.2) is 0 Å². The summed E-state index contributed by atoms with van der Waals surface area (Å²) in [5.41, 5.74) is 0. The topological polar surface area (TPSA) is 35.5 Å². The molecule has 0 aromatic rings. The minimum Gasteiger partial charge on any atom is -0.385 e. The van der Waals surface area contributed by atoms with E-state index in [1.165, 1.54) is 0 Å². The maximum Gasteiger partial charge on any atom is 0.145 e. The molecule has 0 aromatic carbocycles. The van der Waals surface area contributed by atoms with E-state index in [1.807, 2.05) is 0 Å². The van der Waals surface area contributed by atoms with Crippen molar-refractivity contribution in [3.05, 3.63) is 0 Å². The predicted molar refractivity (Wildman–Crippen MR) is 55.3 cm³/mol. The molecule has 0 aromatic heterocycles. The van der Waals surface area contributed by atoms with Crippen molar-refractivity contribution in [1.29, 1.82) is 0 Å². The first-order chi connectivity index (χ1) is 6.31. The van der Waals surface area contributed by atoms with Gasteiger partial charge in [-0.15, -0.1) is 0 Å². The van der Waals surface area contributed by atoms with Crippen LogP contribution in [0.2, 0.25) is 0 Å². The molecule has 0 heterocycles. The van der Waals surface area contributed by atoms with Crippen molar-refractivity contribution in [1.82, 2.24) is 0 Å². The van der Waals surface area contributed by atoms with Crippen LogP contribution in [0, 0.1) is 0 Å². The van der Waals surface area contributed by atoms with E-state index in [9.17, 15) is 4.79 Å². The Kier molecular flexibility index (Phi) is 10.2. The molecular weight excluding hydrogens is 236 g/mol. The highest BCUT2D eigenvalue weighted by atomic mass is 79.9. The summed E-state index contributed by atoms with van der Waals surface area (Å²) in [6.07, 6.45) is 2.52. The number of hydrogen-bond acceptors (Lipinski definition) is 3. The molecule has 0 amide bonds. The second-order valence-corrected chi connectivity index (χ2v) is 3.30. The second-order valence-electron chi connectivity index (χ2n) is 2.73. The fourth-order valence-electron chi connectivity index (χ4n) is 0.805. The average molecular weight is 253 g/mol. The van der Waals surface area contributed by atoms with E-state index in [0.717, 1.165) is 26.1 Å². The Morgan fingerprint density at radius 2 is 1.92 bits per heavy atom. The van der Waals surface area contributed by atoms with E-state index >= 15 is 0 Å². The summed E-state index contributed by atoms with van der Waals surface area (Å²) in [5, 5.41) is 0.431. The third kappa shape index (κ3) is 9.99. The number of carbonyl (C=O) groups is 1. The monoisotopic (exact) mass is 252 g/mol. The molecule has 4 heteroatoms. The largest absolute Gasteiger partial charge is 0.385 e. The van der Waals surface area contributed by atoms with Crippen molar-refractivity contribution in [2.45, 2.75) is 19.3 Å². The van der Waals surface area contributed by atoms with Crippen LogP contribution in [0.5, 0.6) is 0 Å². The lowest BCUT2D eigenvalue weighted by Crippen LogP contribution is -2.06. The van der Waals surface area contributed by atoms with Crippen LogP contribution in [0.1, 0.15) is 19.3 Å².